The first kappa shape index (κ1) is 19.4. The van der Waals surface area contributed by atoms with Gasteiger partial charge in [0.25, 0.3) is 5.91 Å². The maximum atomic E-state index is 12.6. The van der Waals surface area contributed by atoms with Crippen molar-refractivity contribution in [1.82, 2.24) is 4.57 Å². The van der Waals surface area contributed by atoms with Crippen LogP contribution in [0.15, 0.2) is 58.7 Å². The third kappa shape index (κ3) is 4.13. The highest BCUT2D eigenvalue weighted by molar-refractivity contribution is 9.10. The Hall–Kier alpha value is -3.37. The molecule has 0 aliphatic carbocycles. The Kier molecular flexibility index (Phi) is 5.62. The van der Waals surface area contributed by atoms with Crippen molar-refractivity contribution < 1.29 is 14.7 Å². The Balaban J connectivity index is 1.97. The number of aliphatic carboxylic acids is 1. The number of nitriles is 1. The molecule has 0 spiro atoms. The number of hydrogen-bond acceptors (Lipinski definition) is 3. The van der Waals surface area contributed by atoms with Crippen LogP contribution >= 0.6 is 15.9 Å². The summed E-state index contributed by atoms with van der Waals surface area (Å²) in [6, 6.07) is 14.6. The van der Waals surface area contributed by atoms with E-state index in [2.05, 4.69) is 21.2 Å². The van der Waals surface area contributed by atoms with Crippen molar-refractivity contribution in [1.29, 1.82) is 5.26 Å². The number of carboxylic acid groups (broad SMARTS) is 1. The highest BCUT2D eigenvalue weighted by Crippen LogP contribution is 2.26. The lowest BCUT2D eigenvalue weighted by molar-refractivity contribution is -0.137. The quantitative estimate of drug-likeness (QED) is 0.458. The molecule has 0 atom stereocenters. The maximum Gasteiger partial charge on any atom is 0.323 e. The van der Waals surface area contributed by atoms with Gasteiger partial charge < -0.3 is 15.0 Å². The number of hydrogen-bond donors (Lipinski definition) is 2. The molecule has 0 aliphatic heterocycles. The molecule has 0 fully saturated rings. The van der Waals surface area contributed by atoms with E-state index in [1.54, 1.807) is 29.0 Å². The predicted octanol–water partition coefficient (Wildman–Crippen LogP) is 4.34. The molecule has 6 nitrogen and oxygen atoms in total. The summed E-state index contributed by atoms with van der Waals surface area (Å²) >= 11 is 3.40. The third-order valence-electron chi connectivity index (χ3n) is 4.16. The number of halogens is 1. The van der Waals surface area contributed by atoms with E-state index in [1.165, 1.54) is 6.08 Å². The molecule has 3 rings (SSSR count). The zero-order chi connectivity index (χ0) is 20.3. The van der Waals surface area contributed by atoms with Gasteiger partial charge in [-0.3, -0.25) is 9.59 Å². The van der Waals surface area contributed by atoms with E-state index in [9.17, 15) is 14.9 Å². The smallest absolute Gasteiger partial charge is 0.323 e. The van der Waals surface area contributed by atoms with Gasteiger partial charge in [-0.2, -0.15) is 5.26 Å². The first-order chi connectivity index (χ1) is 13.4. The molecule has 1 heterocycles. The van der Waals surface area contributed by atoms with Crippen molar-refractivity contribution in [2.75, 3.05) is 5.32 Å². The van der Waals surface area contributed by atoms with Crippen LogP contribution in [-0.2, 0) is 16.1 Å². The fraction of sp³-hybridized carbons (Fsp3) is 0.0952. The number of nitrogens with zero attached hydrogens (tertiary/aromatic N) is 2. The second-order valence-corrected chi connectivity index (χ2v) is 7.08. The van der Waals surface area contributed by atoms with E-state index in [4.69, 9.17) is 5.11 Å². The van der Waals surface area contributed by atoms with Crippen LogP contribution in [0.3, 0.4) is 0 Å². The lowest BCUT2D eigenvalue weighted by Crippen LogP contribution is -2.13. The Morgan fingerprint density at radius 2 is 2.04 bits per heavy atom. The van der Waals surface area contributed by atoms with Gasteiger partial charge in [-0.15, -0.1) is 0 Å². The van der Waals surface area contributed by atoms with Gasteiger partial charge in [0, 0.05) is 27.1 Å². The lowest BCUT2D eigenvalue weighted by Gasteiger charge is -2.07. The highest BCUT2D eigenvalue weighted by atomic mass is 79.9. The molecule has 0 radical (unpaired) electrons. The fourth-order valence-electron chi connectivity index (χ4n) is 2.88. The summed E-state index contributed by atoms with van der Waals surface area (Å²) < 4.78 is 2.30. The van der Waals surface area contributed by atoms with Gasteiger partial charge in [-0.25, -0.2) is 0 Å². The molecular formula is C21H16BrN3O3. The minimum absolute atomic E-state index is 0.0781. The van der Waals surface area contributed by atoms with Crippen LogP contribution in [0.25, 0.3) is 17.0 Å². The minimum Gasteiger partial charge on any atom is -0.480 e. The van der Waals surface area contributed by atoms with Crippen LogP contribution in [0.2, 0.25) is 0 Å². The van der Waals surface area contributed by atoms with Crippen LogP contribution in [0.5, 0.6) is 0 Å². The van der Waals surface area contributed by atoms with E-state index in [1.807, 2.05) is 37.3 Å². The van der Waals surface area contributed by atoms with Crippen LogP contribution in [-0.4, -0.2) is 21.6 Å². The number of aromatic nitrogens is 1. The number of benzene rings is 2. The molecule has 2 N–H and O–H groups in total. The van der Waals surface area contributed by atoms with Crippen molar-refractivity contribution in [2.24, 2.45) is 0 Å². The number of para-hydroxylation sites is 1. The van der Waals surface area contributed by atoms with Gasteiger partial charge in [0.1, 0.15) is 18.2 Å². The number of anilines is 1. The summed E-state index contributed by atoms with van der Waals surface area (Å²) in [5.41, 5.74) is 2.84. The molecule has 1 amide bonds. The number of fused-ring (bicyclic) bond motifs is 1. The van der Waals surface area contributed by atoms with Gasteiger partial charge in [-0.1, -0.05) is 24.3 Å². The molecular weight excluding hydrogens is 422 g/mol. The topological polar surface area (TPSA) is 95.1 Å². The van der Waals surface area contributed by atoms with E-state index >= 15 is 0 Å². The molecule has 2 aromatic carbocycles. The number of carbonyl (C=O) groups excluding carboxylic acids is 1. The number of rotatable bonds is 5. The standard InChI is InChI=1S/C21H16BrN3O3/c1-13-6-7-18(17(22)8-13)24-21(28)14(10-23)9-15-11-25(12-20(26)27)19-5-3-2-4-16(15)19/h2-9,11H,12H2,1H3,(H,24,28)(H,26,27). The normalized spacial score (nSPS) is 11.2. The van der Waals surface area contributed by atoms with Crippen LogP contribution in [0.4, 0.5) is 5.69 Å². The molecule has 1 aromatic heterocycles. The zero-order valence-corrected chi connectivity index (χ0v) is 16.5. The molecule has 0 aliphatic rings. The van der Waals surface area contributed by atoms with Crippen LogP contribution < -0.4 is 5.32 Å². The van der Waals surface area contributed by atoms with Gasteiger partial charge in [0.05, 0.1) is 5.69 Å². The zero-order valence-electron chi connectivity index (χ0n) is 14.9. The van der Waals surface area contributed by atoms with Gasteiger partial charge in [-0.05, 0) is 52.7 Å². The van der Waals surface area contributed by atoms with Gasteiger partial charge >= 0.3 is 5.97 Å². The largest absolute Gasteiger partial charge is 0.480 e. The minimum atomic E-state index is -0.973. The first-order valence-corrected chi connectivity index (χ1v) is 9.17. The van der Waals surface area contributed by atoms with E-state index in [0.717, 1.165) is 20.9 Å². The summed E-state index contributed by atoms with van der Waals surface area (Å²) in [6.07, 6.45) is 3.10. The van der Waals surface area contributed by atoms with Crippen molar-refractivity contribution in [3.8, 4) is 6.07 Å². The van der Waals surface area contributed by atoms with Crippen molar-refractivity contribution in [3.63, 3.8) is 0 Å². The van der Waals surface area contributed by atoms with Crippen LogP contribution in [0.1, 0.15) is 11.1 Å². The summed E-state index contributed by atoms with van der Waals surface area (Å²) in [5.74, 6) is -1.51. The molecule has 0 bridgehead atoms. The lowest BCUT2D eigenvalue weighted by atomic mass is 10.1. The Morgan fingerprint density at radius 3 is 2.71 bits per heavy atom. The van der Waals surface area contributed by atoms with E-state index in [-0.39, 0.29) is 12.1 Å². The molecule has 7 heteroatoms. The number of nitrogens with one attached hydrogen (secondary N) is 1. The molecule has 3 aromatic rings. The molecule has 0 saturated carbocycles. The Morgan fingerprint density at radius 1 is 1.29 bits per heavy atom. The predicted molar refractivity (Wildman–Crippen MR) is 111 cm³/mol. The molecule has 0 saturated heterocycles. The molecule has 28 heavy (non-hydrogen) atoms. The average Bonchev–Trinajstić information content (AvgIpc) is 2.99. The molecule has 0 unspecified atom stereocenters. The fourth-order valence-corrected chi connectivity index (χ4v) is 3.47. The second kappa shape index (κ2) is 8.11. The maximum absolute atomic E-state index is 12.6. The average molecular weight is 438 g/mol. The summed E-state index contributed by atoms with van der Waals surface area (Å²) in [4.78, 5) is 23.7. The van der Waals surface area contributed by atoms with Crippen molar-refractivity contribution in [2.45, 2.75) is 13.5 Å². The van der Waals surface area contributed by atoms with Gasteiger partial charge in [0.2, 0.25) is 0 Å². The summed E-state index contributed by atoms with van der Waals surface area (Å²) in [7, 11) is 0. The monoisotopic (exact) mass is 437 g/mol. The van der Waals surface area contributed by atoms with Crippen molar-refractivity contribution >= 4 is 50.5 Å². The SMILES string of the molecule is Cc1ccc(NC(=O)C(C#N)=Cc2cn(CC(=O)O)c3ccccc23)c(Br)c1. The number of aryl methyl sites for hydroxylation is 1. The van der Waals surface area contributed by atoms with Gasteiger partial charge in [0.15, 0.2) is 0 Å². The Labute approximate surface area is 169 Å². The Bertz CT molecular complexity index is 1160. The number of amides is 1. The van der Waals surface area contributed by atoms with Crippen molar-refractivity contribution in [3.05, 3.63) is 69.8 Å². The summed E-state index contributed by atoms with van der Waals surface area (Å²) in [5, 5.41) is 22.1. The van der Waals surface area contributed by atoms with E-state index < -0.39 is 11.9 Å². The molecule has 140 valence electrons. The number of carbonyl (C=O) groups is 2. The number of carboxylic acids is 1. The summed E-state index contributed by atoms with van der Waals surface area (Å²) in [6.45, 7) is 1.72. The highest BCUT2D eigenvalue weighted by Gasteiger charge is 2.14. The first-order valence-electron chi connectivity index (χ1n) is 8.38. The van der Waals surface area contributed by atoms with Crippen LogP contribution in [0, 0.1) is 18.3 Å². The van der Waals surface area contributed by atoms with E-state index in [0.29, 0.717) is 11.3 Å². The third-order valence-corrected chi connectivity index (χ3v) is 4.82. The second-order valence-electron chi connectivity index (χ2n) is 6.23.